The molecule has 1 aromatic heterocycles. The number of ether oxygens (including phenoxy) is 4. The normalized spacial score (nSPS) is 19.6. The van der Waals surface area contributed by atoms with Gasteiger partial charge < -0.3 is 44.4 Å². The van der Waals surface area contributed by atoms with Crippen molar-refractivity contribution in [2.24, 2.45) is 10.9 Å². The number of allylic oxidation sites excluding steroid dienone is 1. The first-order chi connectivity index (χ1) is 29.6. The van der Waals surface area contributed by atoms with E-state index in [0.29, 0.717) is 44.1 Å². The van der Waals surface area contributed by atoms with Crippen molar-refractivity contribution in [3.05, 3.63) is 95.1 Å². The summed E-state index contributed by atoms with van der Waals surface area (Å²) >= 11 is 0. The van der Waals surface area contributed by atoms with Crippen LogP contribution in [0.25, 0.3) is 28.0 Å². The molecule has 0 radical (unpaired) electrons. The number of methoxy groups -OCH3 is 2. The standard InChI is InChI=1S/C46H49N7O8/c1-25(2)40(50-45(56)58-3)43(54)53-15-9-13-35(53)42-48-22-33(49-42)28-17-31-24-60-36-19-27(16-30-23-61-37(20-28)39(31)38(30)36)29-18-32(47-21-29)34-12-8-14-52(34)44(55)41(51-46(57)59-4)26-10-6-5-7-11-26/h5-7,10-11,16-17,19-22,25,34-35,40-41H,8-9,12-15,18,23-24H2,1-4H3,(H,48,49)(H,50,56)(H,51,57)/t34-,35-,40-,41+/m0/s1. The van der Waals surface area contributed by atoms with Crippen LogP contribution in [-0.2, 0) is 32.3 Å². The maximum Gasteiger partial charge on any atom is 0.407 e. The molecule has 0 spiro atoms. The Morgan fingerprint density at radius 2 is 1.43 bits per heavy atom. The highest BCUT2D eigenvalue weighted by molar-refractivity contribution is 6.04. The Bertz CT molecular complexity index is 2410. The molecule has 0 saturated carbocycles. The van der Waals surface area contributed by atoms with Gasteiger partial charge in [-0.05, 0) is 72.6 Å². The predicted octanol–water partition coefficient (Wildman–Crippen LogP) is 6.85. The minimum absolute atomic E-state index is 0.126. The third-order valence-electron chi connectivity index (χ3n) is 12.4. The molecule has 3 N–H and O–H groups in total. The summed E-state index contributed by atoms with van der Waals surface area (Å²) in [5.74, 6) is 1.78. The third-order valence-corrected chi connectivity index (χ3v) is 12.4. The molecule has 0 bridgehead atoms. The van der Waals surface area contributed by atoms with Crippen molar-refractivity contribution in [1.29, 1.82) is 0 Å². The predicted molar refractivity (Wildman–Crippen MR) is 225 cm³/mol. The quantitative estimate of drug-likeness (QED) is 0.154. The molecule has 5 aliphatic heterocycles. The molecule has 61 heavy (non-hydrogen) atoms. The van der Waals surface area contributed by atoms with Gasteiger partial charge in [0.2, 0.25) is 11.8 Å². The summed E-state index contributed by atoms with van der Waals surface area (Å²) < 4.78 is 22.6. The van der Waals surface area contributed by atoms with Crippen LogP contribution in [-0.4, -0.2) is 88.9 Å². The SMILES string of the molecule is COC(=O)N[C@H](C(=O)N1CCC[C@H]1c1ncc(-c2cc3c4c(c2)OCc2cc(C5=CN=C([C@@H]6CCCN6C(=O)[C@H](NC(=O)OC)c6ccccc6)C5)cc(c2-4)OC3)[nH]1)C(C)C. The summed E-state index contributed by atoms with van der Waals surface area (Å²) in [7, 11) is 2.57. The number of hydrogen-bond acceptors (Lipinski definition) is 10. The van der Waals surface area contributed by atoms with Crippen LogP contribution < -0.4 is 20.1 Å². The summed E-state index contributed by atoms with van der Waals surface area (Å²) in [6.07, 6.45) is 6.17. The van der Waals surface area contributed by atoms with E-state index in [2.05, 4.69) is 33.8 Å². The summed E-state index contributed by atoms with van der Waals surface area (Å²) in [6, 6.07) is 15.6. The van der Waals surface area contributed by atoms with Gasteiger partial charge in [-0.15, -0.1) is 0 Å². The lowest BCUT2D eigenvalue weighted by atomic mass is 9.86. The van der Waals surface area contributed by atoms with E-state index in [1.807, 2.05) is 61.3 Å². The number of alkyl carbamates (subject to hydrolysis) is 2. The molecule has 4 aromatic rings. The largest absolute Gasteiger partial charge is 0.488 e. The van der Waals surface area contributed by atoms with Crippen LogP contribution in [0.4, 0.5) is 9.59 Å². The van der Waals surface area contributed by atoms with Crippen LogP contribution in [0.1, 0.15) is 86.1 Å². The zero-order chi connectivity index (χ0) is 42.4. The molecule has 0 aliphatic carbocycles. The number of nitrogens with one attached hydrogen (secondary N) is 3. The Hall–Kier alpha value is -6.64. The van der Waals surface area contributed by atoms with Gasteiger partial charge in [-0.25, -0.2) is 14.6 Å². The lowest BCUT2D eigenvalue weighted by Gasteiger charge is -2.31. The van der Waals surface area contributed by atoms with E-state index < -0.39 is 24.3 Å². The maximum absolute atomic E-state index is 14.1. The number of rotatable bonds is 10. The van der Waals surface area contributed by atoms with Crippen LogP contribution in [0.15, 0.2) is 72.0 Å². The Balaban J connectivity index is 0.911. The fraction of sp³-hybridized carbons (Fsp3) is 0.391. The second-order valence-electron chi connectivity index (χ2n) is 16.4. The van der Waals surface area contributed by atoms with Crippen LogP contribution in [0, 0.1) is 5.92 Å². The summed E-state index contributed by atoms with van der Waals surface area (Å²) in [4.78, 5) is 68.8. The lowest BCUT2D eigenvalue weighted by Crippen LogP contribution is -2.51. The van der Waals surface area contributed by atoms with E-state index in [0.717, 1.165) is 87.5 Å². The molecule has 2 saturated heterocycles. The van der Waals surface area contributed by atoms with Gasteiger partial charge in [-0.1, -0.05) is 44.2 Å². The summed E-state index contributed by atoms with van der Waals surface area (Å²) in [6.45, 7) is 5.65. The monoisotopic (exact) mass is 827 g/mol. The number of amides is 4. The van der Waals surface area contributed by atoms with Crippen LogP contribution >= 0.6 is 0 Å². The van der Waals surface area contributed by atoms with E-state index in [4.69, 9.17) is 28.9 Å². The van der Waals surface area contributed by atoms with E-state index in [1.54, 1.807) is 11.1 Å². The van der Waals surface area contributed by atoms with Crippen molar-refractivity contribution in [2.45, 2.75) is 83.3 Å². The smallest absolute Gasteiger partial charge is 0.407 e. The number of benzene rings is 3. The fourth-order valence-corrected chi connectivity index (χ4v) is 9.35. The number of nitrogens with zero attached hydrogens (tertiary/aromatic N) is 4. The summed E-state index contributed by atoms with van der Waals surface area (Å²) in [5.41, 5.74) is 9.42. The van der Waals surface area contributed by atoms with Crippen molar-refractivity contribution in [3.8, 4) is 33.9 Å². The highest BCUT2D eigenvalue weighted by Gasteiger charge is 2.40. The first-order valence-electron chi connectivity index (χ1n) is 20.9. The molecule has 15 heteroatoms. The zero-order valence-corrected chi connectivity index (χ0v) is 34.7. The molecule has 6 heterocycles. The van der Waals surface area contributed by atoms with Crippen molar-refractivity contribution in [3.63, 3.8) is 0 Å². The zero-order valence-electron chi connectivity index (χ0n) is 34.7. The van der Waals surface area contributed by atoms with Gasteiger partial charge in [0.1, 0.15) is 42.6 Å². The van der Waals surface area contributed by atoms with Crippen molar-refractivity contribution < 1.29 is 38.1 Å². The number of aromatic nitrogens is 2. The molecular weight excluding hydrogens is 779 g/mol. The molecule has 9 rings (SSSR count). The van der Waals surface area contributed by atoms with Crippen molar-refractivity contribution in [1.82, 2.24) is 30.4 Å². The number of carbonyl (C=O) groups is 4. The molecule has 316 valence electrons. The first kappa shape index (κ1) is 39.8. The maximum atomic E-state index is 14.1. The molecular formula is C46H49N7O8. The minimum Gasteiger partial charge on any atom is -0.488 e. The fourth-order valence-electron chi connectivity index (χ4n) is 9.35. The number of imidazole rings is 1. The van der Waals surface area contributed by atoms with Gasteiger partial charge in [0.05, 0.1) is 38.2 Å². The number of aromatic amines is 1. The highest BCUT2D eigenvalue weighted by atomic mass is 16.5. The third kappa shape index (κ3) is 7.46. The second-order valence-corrected chi connectivity index (χ2v) is 16.4. The number of aliphatic imine (C=N–C) groups is 1. The van der Waals surface area contributed by atoms with Crippen LogP contribution in [0.5, 0.6) is 11.5 Å². The molecule has 4 atom stereocenters. The Kier molecular flexibility index (Phi) is 10.7. The van der Waals surface area contributed by atoms with Gasteiger partial charge in [-0.2, -0.15) is 0 Å². The number of hydrogen-bond donors (Lipinski definition) is 3. The first-order valence-corrected chi connectivity index (χ1v) is 20.9. The van der Waals surface area contributed by atoms with Crippen molar-refractivity contribution >= 4 is 35.3 Å². The lowest BCUT2D eigenvalue weighted by molar-refractivity contribution is -0.135. The molecule has 0 unspecified atom stereocenters. The Labute approximate surface area is 353 Å². The summed E-state index contributed by atoms with van der Waals surface area (Å²) in [5, 5.41) is 5.44. The average molecular weight is 828 g/mol. The molecule has 2 fully saturated rings. The molecule has 5 aliphatic rings. The Morgan fingerprint density at radius 3 is 2.10 bits per heavy atom. The number of carbonyl (C=O) groups excluding carboxylic acids is 4. The Morgan fingerprint density at radius 1 is 0.803 bits per heavy atom. The van der Waals surface area contributed by atoms with E-state index >= 15 is 0 Å². The van der Waals surface area contributed by atoms with Gasteiger partial charge in [0.15, 0.2) is 0 Å². The molecule has 15 nitrogen and oxygen atoms in total. The van der Waals surface area contributed by atoms with Gasteiger partial charge in [-0.3, -0.25) is 14.6 Å². The van der Waals surface area contributed by atoms with Crippen LogP contribution in [0.2, 0.25) is 0 Å². The second kappa shape index (κ2) is 16.4. The van der Waals surface area contributed by atoms with E-state index in [-0.39, 0.29) is 29.8 Å². The van der Waals surface area contributed by atoms with E-state index in [9.17, 15) is 19.2 Å². The average Bonchev–Trinajstić information content (AvgIpc) is 4.13. The van der Waals surface area contributed by atoms with Crippen molar-refractivity contribution in [2.75, 3.05) is 27.3 Å². The number of H-pyrrole nitrogens is 1. The van der Waals surface area contributed by atoms with Gasteiger partial charge in [0, 0.05) is 59.2 Å². The topological polar surface area (TPSA) is 177 Å². The molecule has 4 amide bonds. The van der Waals surface area contributed by atoms with Gasteiger partial charge in [0.25, 0.3) is 0 Å². The highest BCUT2D eigenvalue weighted by Crippen LogP contribution is 2.51. The van der Waals surface area contributed by atoms with Crippen LogP contribution in [0.3, 0.4) is 0 Å². The minimum atomic E-state index is -0.877. The molecule has 3 aromatic carbocycles. The van der Waals surface area contributed by atoms with E-state index in [1.165, 1.54) is 14.2 Å². The number of likely N-dealkylation sites (tertiary alicyclic amines) is 2. The van der Waals surface area contributed by atoms with Gasteiger partial charge >= 0.3 is 12.2 Å².